The van der Waals surface area contributed by atoms with Gasteiger partial charge in [-0.25, -0.2) is 0 Å². The summed E-state index contributed by atoms with van der Waals surface area (Å²) < 4.78 is 5.21. The summed E-state index contributed by atoms with van der Waals surface area (Å²) >= 11 is 0. The molecule has 0 amide bonds. The fraction of sp³-hybridized carbons (Fsp3) is 0.462. The molecule has 1 saturated heterocycles. The number of methoxy groups -OCH3 is 1. The van der Waals surface area contributed by atoms with E-state index in [1.54, 1.807) is 7.11 Å². The Hall–Kier alpha value is -1.71. The normalized spacial score (nSPS) is 16.4. The van der Waals surface area contributed by atoms with Gasteiger partial charge in [-0.1, -0.05) is 0 Å². The molecule has 1 aliphatic rings. The molecule has 0 atom stereocenters. The van der Waals surface area contributed by atoms with Gasteiger partial charge in [0.15, 0.2) is 0 Å². The monoisotopic (exact) mass is 231 g/mol. The first-order chi connectivity index (χ1) is 8.36. The Morgan fingerprint density at radius 2 is 2.00 bits per heavy atom. The Labute approximate surface area is 101 Å². The molecule has 90 valence electrons. The minimum Gasteiger partial charge on any atom is -0.497 e. The zero-order valence-corrected chi connectivity index (χ0v) is 10.1. The van der Waals surface area contributed by atoms with E-state index >= 15 is 0 Å². The molecule has 1 aliphatic heterocycles. The lowest BCUT2D eigenvalue weighted by atomic mass is 10.2. The molecule has 0 radical (unpaired) electrons. The van der Waals surface area contributed by atoms with Crippen LogP contribution in [0.3, 0.4) is 0 Å². The second-order valence-electron chi connectivity index (χ2n) is 4.49. The Kier molecular flexibility index (Phi) is 2.63. The van der Waals surface area contributed by atoms with Gasteiger partial charge in [0.05, 0.1) is 18.8 Å². The maximum atomic E-state index is 5.21. The molecular weight excluding hydrogens is 214 g/mol. The average molecular weight is 231 g/mol. The van der Waals surface area contributed by atoms with E-state index < -0.39 is 0 Å². The van der Waals surface area contributed by atoms with Crippen molar-refractivity contribution in [3.8, 4) is 5.75 Å². The fourth-order valence-corrected chi connectivity index (χ4v) is 2.34. The molecule has 4 heteroatoms. The number of ether oxygens (including phenoxy) is 1. The van der Waals surface area contributed by atoms with Gasteiger partial charge in [-0.05, 0) is 31.4 Å². The van der Waals surface area contributed by atoms with Crippen molar-refractivity contribution in [2.45, 2.75) is 19.3 Å². The van der Waals surface area contributed by atoms with E-state index in [-0.39, 0.29) is 0 Å². The molecule has 1 aromatic heterocycles. The standard InChI is InChI=1S/C13H17N3O/c1-17-12-6-5-11-10-16(14-13(11)9-12)15-7-3-2-4-8-15/h5-6,9-10H,2-4,7-8H2,1H3. The number of hydrogen-bond donors (Lipinski definition) is 0. The molecule has 0 saturated carbocycles. The van der Waals surface area contributed by atoms with Crippen molar-refractivity contribution in [2.75, 3.05) is 25.2 Å². The number of fused-ring (bicyclic) bond motifs is 1. The fourth-order valence-electron chi connectivity index (χ4n) is 2.34. The third kappa shape index (κ3) is 1.95. The Morgan fingerprint density at radius 1 is 1.18 bits per heavy atom. The van der Waals surface area contributed by atoms with Gasteiger partial charge >= 0.3 is 0 Å². The van der Waals surface area contributed by atoms with E-state index in [1.165, 1.54) is 19.3 Å². The summed E-state index contributed by atoms with van der Waals surface area (Å²) in [5, 5.41) is 8.07. The number of benzene rings is 1. The van der Waals surface area contributed by atoms with Crippen molar-refractivity contribution in [2.24, 2.45) is 0 Å². The van der Waals surface area contributed by atoms with Crippen molar-refractivity contribution in [3.63, 3.8) is 0 Å². The van der Waals surface area contributed by atoms with E-state index in [9.17, 15) is 0 Å². The van der Waals surface area contributed by atoms with Crippen LogP contribution in [0.1, 0.15) is 19.3 Å². The zero-order chi connectivity index (χ0) is 11.7. The van der Waals surface area contributed by atoms with Gasteiger partial charge in [-0.3, -0.25) is 5.01 Å². The first-order valence-electron chi connectivity index (χ1n) is 6.15. The zero-order valence-electron chi connectivity index (χ0n) is 10.1. The van der Waals surface area contributed by atoms with Crippen molar-refractivity contribution in [1.29, 1.82) is 0 Å². The van der Waals surface area contributed by atoms with Gasteiger partial charge < -0.3 is 4.74 Å². The van der Waals surface area contributed by atoms with E-state index in [0.29, 0.717) is 0 Å². The highest BCUT2D eigenvalue weighted by atomic mass is 16.5. The van der Waals surface area contributed by atoms with Crippen molar-refractivity contribution in [1.82, 2.24) is 9.89 Å². The summed E-state index contributed by atoms with van der Waals surface area (Å²) in [6.07, 6.45) is 5.96. The first-order valence-corrected chi connectivity index (χ1v) is 6.15. The lowest BCUT2D eigenvalue weighted by Gasteiger charge is -2.27. The number of rotatable bonds is 2. The summed E-state index contributed by atoms with van der Waals surface area (Å²) in [6.45, 7) is 2.20. The molecule has 4 nitrogen and oxygen atoms in total. The topological polar surface area (TPSA) is 30.3 Å². The van der Waals surface area contributed by atoms with E-state index in [4.69, 9.17) is 4.74 Å². The van der Waals surface area contributed by atoms with Crippen LogP contribution in [0.5, 0.6) is 5.75 Å². The number of nitrogens with zero attached hydrogens (tertiary/aromatic N) is 3. The molecule has 0 aliphatic carbocycles. The predicted molar refractivity (Wildman–Crippen MR) is 68.1 cm³/mol. The van der Waals surface area contributed by atoms with E-state index in [1.807, 2.05) is 16.9 Å². The number of piperidine rings is 1. The van der Waals surface area contributed by atoms with Crippen molar-refractivity contribution >= 4 is 10.9 Å². The lowest BCUT2D eigenvalue weighted by molar-refractivity contribution is 0.415. The molecule has 1 fully saturated rings. The van der Waals surface area contributed by atoms with Crippen LogP contribution >= 0.6 is 0 Å². The number of aromatic nitrogens is 2. The molecule has 1 aromatic carbocycles. The highest BCUT2D eigenvalue weighted by molar-refractivity contribution is 5.79. The first kappa shape index (κ1) is 10.4. The van der Waals surface area contributed by atoms with Crippen LogP contribution < -0.4 is 9.75 Å². The second kappa shape index (κ2) is 4.28. The molecule has 2 heterocycles. The number of hydrogen-bond acceptors (Lipinski definition) is 3. The summed E-state index contributed by atoms with van der Waals surface area (Å²) in [7, 11) is 1.68. The van der Waals surface area contributed by atoms with Crippen LogP contribution in [-0.4, -0.2) is 30.1 Å². The Balaban J connectivity index is 1.95. The van der Waals surface area contributed by atoms with Crippen LogP contribution in [0.25, 0.3) is 10.9 Å². The van der Waals surface area contributed by atoms with Crippen molar-refractivity contribution < 1.29 is 4.74 Å². The highest BCUT2D eigenvalue weighted by Gasteiger charge is 2.12. The largest absolute Gasteiger partial charge is 0.497 e. The second-order valence-corrected chi connectivity index (χ2v) is 4.49. The van der Waals surface area contributed by atoms with Crippen LogP contribution in [0.2, 0.25) is 0 Å². The van der Waals surface area contributed by atoms with Crippen LogP contribution in [0, 0.1) is 0 Å². The van der Waals surface area contributed by atoms with E-state index in [0.717, 1.165) is 29.7 Å². The summed E-state index contributed by atoms with van der Waals surface area (Å²) in [4.78, 5) is 1.99. The molecule has 17 heavy (non-hydrogen) atoms. The molecular formula is C13H17N3O. The molecule has 0 bridgehead atoms. The maximum absolute atomic E-state index is 5.21. The maximum Gasteiger partial charge on any atom is 0.121 e. The lowest BCUT2D eigenvalue weighted by Crippen LogP contribution is -2.39. The van der Waals surface area contributed by atoms with Gasteiger partial charge in [-0.2, -0.15) is 9.89 Å². The van der Waals surface area contributed by atoms with Gasteiger partial charge in [0.1, 0.15) is 5.75 Å². The summed E-state index contributed by atoms with van der Waals surface area (Å²) in [6, 6.07) is 6.02. The third-order valence-electron chi connectivity index (χ3n) is 3.32. The van der Waals surface area contributed by atoms with Crippen molar-refractivity contribution in [3.05, 3.63) is 24.4 Å². The van der Waals surface area contributed by atoms with Gasteiger partial charge in [0.25, 0.3) is 0 Å². The molecule has 3 rings (SSSR count). The Morgan fingerprint density at radius 3 is 2.76 bits per heavy atom. The Bertz CT molecular complexity index is 514. The van der Waals surface area contributed by atoms with Gasteiger partial charge in [0, 0.05) is 24.5 Å². The summed E-state index contributed by atoms with van der Waals surface area (Å²) in [5.74, 6) is 0.862. The van der Waals surface area contributed by atoms with Gasteiger partial charge in [-0.15, -0.1) is 0 Å². The minimum atomic E-state index is 0.862. The molecule has 0 unspecified atom stereocenters. The predicted octanol–water partition coefficient (Wildman–Crippen LogP) is 2.17. The van der Waals surface area contributed by atoms with Gasteiger partial charge in [0.2, 0.25) is 0 Å². The average Bonchev–Trinajstić information content (AvgIpc) is 2.82. The highest BCUT2D eigenvalue weighted by Crippen LogP contribution is 2.20. The quantitative estimate of drug-likeness (QED) is 0.793. The SMILES string of the molecule is COc1ccc2cn(N3CCCCC3)nc2c1. The van der Waals surface area contributed by atoms with Crippen LogP contribution in [0.4, 0.5) is 0 Å². The smallest absolute Gasteiger partial charge is 0.121 e. The molecule has 2 aromatic rings. The summed E-state index contributed by atoms with van der Waals surface area (Å²) in [5.41, 5.74) is 0.995. The van der Waals surface area contributed by atoms with Crippen LogP contribution in [-0.2, 0) is 0 Å². The molecule has 0 spiro atoms. The van der Waals surface area contributed by atoms with E-state index in [2.05, 4.69) is 22.4 Å². The third-order valence-corrected chi connectivity index (χ3v) is 3.32. The minimum absolute atomic E-state index is 0.862. The molecule has 0 N–H and O–H groups in total. The van der Waals surface area contributed by atoms with Crippen LogP contribution in [0.15, 0.2) is 24.4 Å².